The summed E-state index contributed by atoms with van der Waals surface area (Å²) in [6.45, 7) is 4.24. The van der Waals surface area contributed by atoms with Crippen molar-refractivity contribution < 1.29 is 4.39 Å². The topological polar surface area (TPSA) is 0 Å². The van der Waals surface area contributed by atoms with Crippen LogP contribution in [-0.2, 0) is 12.8 Å². The summed E-state index contributed by atoms with van der Waals surface area (Å²) in [6.07, 6.45) is 16.1. The van der Waals surface area contributed by atoms with Gasteiger partial charge in [0.1, 0.15) is 5.82 Å². The predicted octanol–water partition coefficient (Wildman–Crippen LogP) is 9.30. The number of fused-ring (bicyclic) bond motifs is 1. The van der Waals surface area contributed by atoms with Crippen LogP contribution in [0.1, 0.15) is 69.9 Å². The lowest BCUT2D eigenvalue weighted by atomic mass is 9.78. The van der Waals surface area contributed by atoms with E-state index in [-0.39, 0.29) is 5.82 Å². The van der Waals surface area contributed by atoms with E-state index in [0.29, 0.717) is 10.9 Å². The van der Waals surface area contributed by atoms with Gasteiger partial charge in [0.15, 0.2) is 0 Å². The summed E-state index contributed by atoms with van der Waals surface area (Å²) in [4.78, 5) is 0. The lowest BCUT2D eigenvalue weighted by molar-refractivity contribution is 0.254. The maximum Gasteiger partial charge on any atom is 0.138 e. The molecule has 1 fully saturated rings. The number of allylic oxidation sites excluding steroid dienone is 2. The average Bonchev–Trinajstić information content (AvgIpc) is 2.84. The van der Waals surface area contributed by atoms with Gasteiger partial charge in [-0.1, -0.05) is 99.4 Å². The van der Waals surface area contributed by atoms with Gasteiger partial charge in [0.05, 0.1) is 0 Å². The Kier molecular flexibility index (Phi) is 7.79. The molecule has 4 rings (SSSR count). The number of hydrogen-bond acceptors (Lipinski definition) is 0. The third-order valence-electron chi connectivity index (χ3n) is 7.48. The first-order chi connectivity index (χ1) is 15.7. The summed E-state index contributed by atoms with van der Waals surface area (Å²) < 4.78 is 15.2. The Balaban J connectivity index is 1.34. The monoisotopic (exact) mass is 428 g/mol. The zero-order valence-corrected chi connectivity index (χ0v) is 19.7. The first kappa shape index (κ1) is 22.8. The van der Waals surface area contributed by atoms with Gasteiger partial charge in [0.2, 0.25) is 0 Å². The third kappa shape index (κ3) is 5.49. The zero-order valence-electron chi connectivity index (χ0n) is 19.7. The zero-order chi connectivity index (χ0) is 22.3. The Morgan fingerprint density at radius 1 is 0.844 bits per heavy atom. The molecule has 0 aromatic heterocycles. The van der Waals surface area contributed by atoms with E-state index in [0.717, 1.165) is 35.6 Å². The fourth-order valence-electron chi connectivity index (χ4n) is 5.31. The van der Waals surface area contributed by atoms with Crippen molar-refractivity contribution in [2.75, 3.05) is 0 Å². The lowest BCUT2D eigenvalue weighted by Crippen LogP contribution is -2.15. The number of aryl methyl sites for hydroxylation is 2. The Morgan fingerprint density at radius 2 is 1.53 bits per heavy atom. The predicted molar refractivity (Wildman–Crippen MR) is 137 cm³/mol. The molecule has 0 spiro atoms. The van der Waals surface area contributed by atoms with E-state index in [4.69, 9.17) is 0 Å². The van der Waals surface area contributed by atoms with Gasteiger partial charge in [-0.05, 0) is 72.9 Å². The minimum atomic E-state index is -0.107. The smallest absolute Gasteiger partial charge is 0.138 e. The molecule has 0 nitrogen and oxygen atoms in total. The van der Waals surface area contributed by atoms with E-state index in [9.17, 15) is 0 Å². The molecule has 168 valence electrons. The molecule has 1 aliphatic rings. The Labute approximate surface area is 193 Å². The van der Waals surface area contributed by atoms with Crippen LogP contribution in [0.25, 0.3) is 21.9 Å². The number of hydrogen-bond donors (Lipinski definition) is 0. The van der Waals surface area contributed by atoms with Crippen molar-refractivity contribution in [1.29, 1.82) is 0 Å². The molecule has 0 radical (unpaired) electrons. The summed E-state index contributed by atoms with van der Waals surface area (Å²) in [5.74, 6) is 1.70. The van der Waals surface area contributed by atoms with Gasteiger partial charge in [-0.15, -0.1) is 0 Å². The molecule has 0 unspecified atom stereocenters. The average molecular weight is 429 g/mol. The van der Waals surface area contributed by atoms with Crippen LogP contribution in [0.4, 0.5) is 4.39 Å². The van der Waals surface area contributed by atoms with Crippen LogP contribution in [0, 0.1) is 17.7 Å². The minimum absolute atomic E-state index is 0.107. The second-order valence-corrected chi connectivity index (χ2v) is 9.60. The van der Waals surface area contributed by atoms with Crippen molar-refractivity contribution in [2.24, 2.45) is 11.8 Å². The molecule has 1 heteroatoms. The second kappa shape index (κ2) is 10.9. The molecule has 1 saturated carbocycles. The van der Waals surface area contributed by atoms with Gasteiger partial charge in [-0.3, -0.25) is 0 Å². The van der Waals surface area contributed by atoms with Crippen LogP contribution in [-0.4, -0.2) is 0 Å². The van der Waals surface area contributed by atoms with Crippen molar-refractivity contribution in [2.45, 2.75) is 71.6 Å². The molecular weight excluding hydrogens is 391 g/mol. The highest BCUT2D eigenvalue weighted by atomic mass is 19.1. The van der Waals surface area contributed by atoms with Gasteiger partial charge in [0.25, 0.3) is 0 Å². The van der Waals surface area contributed by atoms with E-state index in [1.165, 1.54) is 56.1 Å². The molecule has 0 amide bonds. The molecule has 1 aliphatic carbocycles. The maximum absolute atomic E-state index is 15.2. The van der Waals surface area contributed by atoms with Crippen LogP contribution in [0.3, 0.4) is 0 Å². The highest BCUT2D eigenvalue weighted by molar-refractivity contribution is 5.88. The van der Waals surface area contributed by atoms with Gasteiger partial charge in [-0.25, -0.2) is 4.39 Å². The molecule has 32 heavy (non-hydrogen) atoms. The van der Waals surface area contributed by atoms with Crippen LogP contribution >= 0.6 is 0 Å². The Hall–Kier alpha value is -2.41. The highest BCUT2D eigenvalue weighted by Crippen LogP contribution is 2.34. The molecular formula is C31H37F. The molecule has 0 aliphatic heterocycles. The van der Waals surface area contributed by atoms with Crippen molar-refractivity contribution in [1.82, 2.24) is 0 Å². The molecule has 0 atom stereocenters. The van der Waals surface area contributed by atoms with Crippen molar-refractivity contribution in [3.8, 4) is 11.1 Å². The molecule has 0 bridgehead atoms. The van der Waals surface area contributed by atoms with E-state index >= 15 is 4.39 Å². The largest absolute Gasteiger partial charge is 0.206 e. The van der Waals surface area contributed by atoms with Gasteiger partial charge < -0.3 is 0 Å². The lowest BCUT2D eigenvalue weighted by Gasteiger charge is -2.28. The highest BCUT2D eigenvalue weighted by Gasteiger charge is 2.20. The first-order valence-electron chi connectivity index (χ1n) is 12.6. The molecule has 0 heterocycles. The van der Waals surface area contributed by atoms with Crippen molar-refractivity contribution in [3.05, 3.63) is 83.7 Å². The fraction of sp³-hybridized carbons (Fsp3) is 0.419. The van der Waals surface area contributed by atoms with E-state index in [1.807, 2.05) is 18.2 Å². The fourth-order valence-corrected chi connectivity index (χ4v) is 5.31. The number of halogens is 1. The molecule has 3 aromatic carbocycles. The molecule has 0 N–H and O–H groups in total. The Morgan fingerprint density at radius 3 is 2.22 bits per heavy atom. The van der Waals surface area contributed by atoms with Crippen LogP contribution < -0.4 is 0 Å². The van der Waals surface area contributed by atoms with Crippen molar-refractivity contribution in [3.63, 3.8) is 0 Å². The minimum Gasteiger partial charge on any atom is -0.206 e. The maximum atomic E-state index is 15.2. The molecule has 3 aromatic rings. The summed E-state index contributed by atoms with van der Waals surface area (Å²) in [6, 6.07) is 18.6. The third-order valence-corrected chi connectivity index (χ3v) is 7.48. The second-order valence-electron chi connectivity index (χ2n) is 9.60. The van der Waals surface area contributed by atoms with Crippen LogP contribution in [0.15, 0.2) is 66.7 Å². The standard InChI is InChI=1S/C31H37F/c1-3-5-6-7-24-8-10-25(11-9-24)12-13-26-14-17-27(18-15-26)29-21-19-28-22-23(4-2)16-20-30(28)31(29)32/h3,5,14-22,24-25H,4,6-13H2,1-2H3/b5-3+. The summed E-state index contributed by atoms with van der Waals surface area (Å²) in [5, 5.41) is 1.70. The summed E-state index contributed by atoms with van der Waals surface area (Å²) >= 11 is 0. The van der Waals surface area contributed by atoms with E-state index in [1.54, 1.807) is 0 Å². The SMILES string of the molecule is C/C=C/CCC1CCC(CCc2ccc(-c3ccc4cc(CC)ccc4c3F)cc2)CC1. The van der Waals surface area contributed by atoms with Gasteiger partial charge >= 0.3 is 0 Å². The van der Waals surface area contributed by atoms with E-state index < -0.39 is 0 Å². The van der Waals surface area contributed by atoms with Gasteiger partial charge in [-0.2, -0.15) is 0 Å². The van der Waals surface area contributed by atoms with E-state index in [2.05, 4.69) is 62.4 Å². The normalized spacial score (nSPS) is 19.1. The van der Waals surface area contributed by atoms with Crippen molar-refractivity contribution >= 4 is 10.8 Å². The molecule has 0 saturated heterocycles. The summed E-state index contributed by atoms with van der Waals surface area (Å²) in [5.41, 5.74) is 4.28. The number of benzene rings is 3. The number of rotatable bonds is 8. The quantitative estimate of drug-likeness (QED) is 0.314. The van der Waals surface area contributed by atoms with Gasteiger partial charge in [0, 0.05) is 10.9 Å². The Bertz CT molecular complexity index is 1040. The van der Waals surface area contributed by atoms with Crippen LogP contribution in [0.5, 0.6) is 0 Å². The summed E-state index contributed by atoms with van der Waals surface area (Å²) in [7, 11) is 0. The van der Waals surface area contributed by atoms with Crippen LogP contribution in [0.2, 0.25) is 0 Å². The first-order valence-corrected chi connectivity index (χ1v) is 12.6.